The number of hydrogen-bond donors (Lipinski definition) is 1. The number of unbranched alkanes of at least 4 members (excludes halogenated alkanes) is 2. The number of fused-ring (bicyclic) bond motifs is 1. The summed E-state index contributed by atoms with van der Waals surface area (Å²) in [4.78, 5) is 30.1. The quantitative estimate of drug-likeness (QED) is 0.393. The maximum atomic E-state index is 13.4. The molecule has 2 aliphatic heterocycles. The fraction of sp³-hybridized carbons (Fsp3) is 0.643. The minimum Gasteiger partial charge on any atom is -0.481 e. The molecule has 1 N–H and O–H groups in total. The van der Waals surface area contributed by atoms with Crippen molar-refractivity contribution in [2.24, 2.45) is 5.92 Å². The van der Waals surface area contributed by atoms with Crippen LogP contribution in [0.4, 0.5) is 0 Å². The molecule has 1 amide bonds. The molecule has 0 radical (unpaired) electrons. The molecule has 3 rings (SSSR count). The maximum Gasteiger partial charge on any atom is 0.308 e. The molecule has 0 aliphatic carbocycles. The van der Waals surface area contributed by atoms with Gasteiger partial charge in [-0.15, -0.1) is 0 Å². The number of amides is 1. The molecule has 7 nitrogen and oxygen atoms in total. The number of carboxylic acids is 1. The molecule has 1 unspecified atom stereocenters. The first-order chi connectivity index (χ1) is 16.9. The van der Waals surface area contributed by atoms with Crippen LogP contribution in [-0.4, -0.2) is 65.8 Å². The lowest BCUT2D eigenvalue weighted by molar-refractivity contribution is -0.143. The lowest BCUT2D eigenvalue weighted by Gasteiger charge is -2.30. The number of aliphatic carboxylic acids is 1. The van der Waals surface area contributed by atoms with Crippen molar-refractivity contribution in [1.82, 2.24) is 9.80 Å². The number of ether oxygens (including phenoxy) is 2. The van der Waals surface area contributed by atoms with Gasteiger partial charge in [0.2, 0.25) is 12.7 Å². The van der Waals surface area contributed by atoms with Crippen molar-refractivity contribution >= 4 is 11.9 Å². The topological polar surface area (TPSA) is 79.3 Å². The number of rotatable bonds is 13. The fourth-order valence-corrected chi connectivity index (χ4v) is 5.19. The normalized spacial score (nSPS) is 21.9. The molecule has 0 saturated carbocycles. The Labute approximate surface area is 210 Å². The highest BCUT2D eigenvalue weighted by atomic mass is 16.7. The molecule has 2 aliphatic rings. The van der Waals surface area contributed by atoms with Gasteiger partial charge >= 0.3 is 5.97 Å². The van der Waals surface area contributed by atoms with E-state index in [0.717, 1.165) is 50.8 Å². The van der Waals surface area contributed by atoms with Gasteiger partial charge in [-0.2, -0.15) is 0 Å². The van der Waals surface area contributed by atoms with Crippen molar-refractivity contribution in [3.05, 3.63) is 35.4 Å². The average molecular weight is 487 g/mol. The molecular weight excluding hydrogens is 444 g/mol. The van der Waals surface area contributed by atoms with Crippen LogP contribution >= 0.6 is 0 Å². The van der Waals surface area contributed by atoms with E-state index in [1.165, 1.54) is 5.57 Å². The van der Waals surface area contributed by atoms with Crippen LogP contribution < -0.4 is 9.47 Å². The van der Waals surface area contributed by atoms with Gasteiger partial charge < -0.3 is 19.5 Å². The minimum absolute atomic E-state index is 0.107. The first-order valence-electron chi connectivity index (χ1n) is 13.2. The SMILES string of the molecule is CC=C(C)CC[C@@H]1[C@@H](C(=O)O)C(c2ccc3c(c2)OCO3)CN1CC(=O)N(CCCC)CCCC. The average Bonchev–Trinajstić information content (AvgIpc) is 3.46. The lowest BCUT2D eigenvalue weighted by atomic mass is 9.83. The Kier molecular flexibility index (Phi) is 10.0. The summed E-state index contributed by atoms with van der Waals surface area (Å²) in [6.07, 6.45) is 7.65. The number of likely N-dealkylation sites (tertiary alicyclic amines) is 1. The van der Waals surface area contributed by atoms with Crippen LogP contribution in [0.25, 0.3) is 0 Å². The van der Waals surface area contributed by atoms with Gasteiger partial charge in [-0.25, -0.2) is 0 Å². The highest BCUT2D eigenvalue weighted by molar-refractivity contribution is 5.79. The van der Waals surface area contributed by atoms with Crippen LogP contribution in [-0.2, 0) is 9.59 Å². The Morgan fingerprint density at radius 3 is 2.46 bits per heavy atom. The molecule has 2 heterocycles. The van der Waals surface area contributed by atoms with Crippen molar-refractivity contribution < 1.29 is 24.2 Å². The summed E-state index contributed by atoms with van der Waals surface area (Å²) in [6.45, 7) is 10.9. The second-order valence-electron chi connectivity index (χ2n) is 9.84. The van der Waals surface area contributed by atoms with Gasteiger partial charge in [0.25, 0.3) is 0 Å². The predicted molar refractivity (Wildman–Crippen MR) is 137 cm³/mol. The highest BCUT2D eigenvalue weighted by Gasteiger charge is 2.47. The van der Waals surface area contributed by atoms with E-state index in [9.17, 15) is 14.7 Å². The monoisotopic (exact) mass is 486 g/mol. The zero-order valence-electron chi connectivity index (χ0n) is 21.8. The van der Waals surface area contributed by atoms with Gasteiger partial charge in [0, 0.05) is 31.6 Å². The largest absolute Gasteiger partial charge is 0.481 e. The van der Waals surface area contributed by atoms with E-state index in [2.05, 4.69) is 31.7 Å². The van der Waals surface area contributed by atoms with Crippen LogP contribution in [0.1, 0.15) is 77.7 Å². The molecule has 0 spiro atoms. The number of hydrogen-bond acceptors (Lipinski definition) is 5. The molecule has 0 aromatic heterocycles. The van der Waals surface area contributed by atoms with E-state index < -0.39 is 11.9 Å². The van der Waals surface area contributed by atoms with Gasteiger partial charge in [-0.05, 0) is 57.2 Å². The Morgan fingerprint density at radius 1 is 1.14 bits per heavy atom. The number of carbonyl (C=O) groups excluding carboxylic acids is 1. The highest BCUT2D eigenvalue weighted by Crippen LogP contribution is 2.43. The van der Waals surface area contributed by atoms with Crippen molar-refractivity contribution in [3.8, 4) is 11.5 Å². The van der Waals surface area contributed by atoms with Gasteiger partial charge in [0.1, 0.15) is 0 Å². The van der Waals surface area contributed by atoms with Crippen LogP contribution in [0.15, 0.2) is 29.8 Å². The maximum absolute atomic E-state index is 13.4. The molecule has 0 bridgehead atoms. The van der Waals surface area contributed by atoms with E-state index in [1.54, 1.807) is 0 Å². The standard InChI is InChI=1S/C28H42N2O5/c1-5-8-14-29(15-9-6-2)26(31)18-30-17-22(21-11-13-24-25(16-21)35-19-34-24)27(28(32)33)23(30)12-10-20(4)7-3/h7,11,13,16,22-23,27H,5-6,8-10,12,14-15,17-19H2,1-4H3,(H,32,33)/t22?,23-,27+/m1/s1. The fourth-order valence-electron chi connectivity index (χ4n) is 5.19. The smallest absolute Gasteiger partial charge is 0.308 e. The number of nitrogens with zero attached hydrogens (tertiary/aromatic N) is 2. The molecular formula is C28H42N2O5. The first kappa shape index (κ1) is 27.1. The van der Waals surface area contributed by atoms with E-state index in [0.29, 0.717) is 24.5 Å². The number of carboxylic acid groups (broad SMARTS) is 1. The van der Waals surface area contributed by atoms with Gasteiger partial charge in [-0.1, -0.05) is 44.4 Å². The number of carbonyl (C=O) groups is 2. The molecule has 194 valence electrons. The Morgan fingerprint density at radius 2 is 1.83 bits per heavy atom. The van der Waals surface area contributed by atoms with Crippen LogP contribution in [0.2, 0.25) is 0 Å². The third kappa shape index (κ3) is 6.78. The summed E-state index contributed by atoms with van der Waals surface area (Å²) < 4.78 is 11.0. The van der Waals surface area contributed by atoms with Gasteiger partial charge in [0.05, 0.1) is 12.5 Å². The minimum atomic E-state index is -0.806. The Balaban J connectivity index is 1.86. The lowest BCUT2D eigenvalue weighted by Crippen LogP contribution is -2.44. The zero-order chi connectivity index (χ0) is 25.4. The number of benzene rings is 1. The van der Waals surface area contributed by atoms with E-state index in [4.69, 9.17) is 9.47 Å². The van der Waals surface area contributed by atoms with Gasteiger partial charge in [-0.3, -0.25) is 14.5 Å². The van der Waals surface area contributed by atoms with Crippen LogP contribution in [0, 0.1) is 5.92 Å². The molecule has 3 atom stereocenters. The van der Waals surface area contributed by atoms with Crippen molar-refractivity contribution in [2.45, 2.75) is 78.2 Å². The van der Waals surface area contributed by atoms with Crippen molar-refractivity contribution in [3.63, 3.8) is 0 Å². The second-order valence-corrected chi connectivity index (χ2v) is 9.84. The molecule has 7 heteroatoms. The summed E-state index contributed by atoms with van der Waals surface area (Å²) in [6, 6.07) is 5.52. The Hall–Kier alpha value is -2.54. The van der Waals surface area contributed by atoms with Gasteiger partial charge in [0.15, 0.2) is 11.5 Å². The zero-order valence-corrected chi connectivity index (χ0v) is 21.8. The van der Waals surface area contributed by atoms with E-state index in [1.807, 2.05) is 30.0 Å². The summed E-state index contributed by atoms with van der Waals surface area (Å²) in [5.74, 6) is -0.158. The van der Waals surface area contributed by atoms with Crippen LogP contribution in [0.5, 0.6) is 11.5 Å². The second kappa shape index (κ2) is 13.0. The third-order valence-corrected chi connectivity index (χ3v) is 7.44. The molecule has 1 aromatic rings. The van der Waals surface area contributed by atoms with E-state index >= 15 is 0 Å². The summed E-state index contributed by atoms with van der Waals surface area (Å²) >= 11 is 0. The molecule has 1 fully saturated rings. The summed E-state index contributed by atoms with van der Waals surface area (Å²) in [7, 11) is 0. The number of allylic oxidation sites excluding steroid dienone is 2. The third-order valence-electron chi connectivity index (χ3n) is 7.44. The molecule has 35 heavy (non-hydrogen) atoms. The van der Waals surface area contributed by atoms with Crippen LogP contribution in [0.3, 0.4) is 0 Å². The molecule has 1 saturated heterocycles. The van der Waals surface area contributed by atoms with E-state index in [-0.39, 0.29) is 31.2 Å². The van der Waals surface area contributed by atoms with Crippen molar-refractivity contribution in [1.29, 1.82) is 0 Å². The van der Waals surface area contributed by atoms with Crippen molar-refractivity contribution in [2.75, 3.05) is 33.0 Å². The first-order valence-corrected chi connectivity index (χ1v) is 13.2. The Bertz CT molecular complexity index is 891. The molecule has 1 aromatic carbocycles. The summed E-state index contributed by atoms with van der Waals surface area (Å²) in [5, 5.41) is 10.3. The predicted octanol–water partition coefficient (Wildman–Crippen LogP) is 5.06. The summed E-state index contributed by atoms with van der Waals surface area (Å²) in [5.41, 5.74) is 2.16.